The SMILES string of the molecule is COc1ccc(Cc2cccc(CN=Cc3ccc(O)cc3O)c2)cc1. The van der Waals surface area contributed by atoms with Crippen molar-refractivity contribution in [2.75, 3.05) is 7.11 Å². The van der Waals surface area contributed by atoms with E-state index in [4.69, 9.17) is 4.74 Å². The molecule has 26 heavy (non-hydrogen) atoms. The fraction of sp³-hybridized carbons (Fsp3) is 0.136. The molecule has 3 rings (SSSR count). The first kappa shape index (κ1) is 17.5. The number of rotatable bonds is 6. The standard InChI is InChI=1S/C22H21NO3/c1-26-21-9-5-16(6-10-21)11-17-3-2-4-18(12-17)14-23-15-19-7-8-20(24)13-22(19)25/h2-10,12-13,15,24-25H,11,14H2,1H3. The van der Waals surface area contributed by atoms with E-state index in [9.17, 15) is 10.2 Å². The third kappa shape index (κ3) is 4.63. The molecule has 0 aromatic heterocycles. The minimum absolute atomic E-state index is 0.0157. The third-order valence-corrected chi connectivity index (χ3v) is 4.08. The molecule has 2 N–H and O–H groups in total. The Morgan fingerprint density at radius 3 is 2.38 bits per heavy atom. The maximum atomic E-state index is 9.77. The summed E-state index contributed by atoms with van der Waals surface area (Å²) in [5.74, 6) is 0.905. The number of ether oxygens (including phenoxy) is 1. The summed E-state index contributed by atoms with van der Waals surface area (Å²) in [6.45, 7) is 0.525. The Hall–Kier alpha value is -3.27. The van der Waals surface area contributed by atoms with Gasteiger partial charge in [-0.3, -0.25) is 4.99 Å². The topological polar surface area (TPSA) is 62.0 Å². The van der Waals surface area contributed by atoms with Crippen LogP contribution >= 0.6 is 0 Å². The van der Waals surface area contributed by atoms with Crippen LogP contribution in [-0.4, -0.2) is 23.5 Å². The van der Waals surface area contributed by atoms with Gasteiger partial charge in [0.05, 0.1) is 13.7 Å². The summed E-state index contributed by atoms with van der Waals surface area (Å²) in [6.07, 6.45) is 2.46. The second-order valence-electron chi connectivity index (χ2n) is 6.06. The molecule has 0 spiro atoms. The smallest absolute Gasteiger partial charge is 0.128 e. The first-order valence-corrected chi connectivity index (χ1v) is 8.36. The number of hydrogen-bond donors (Lipinski definition) is 2. The van der Waals surface area contributed by atoms with Crippen LogP contribution in [0.25, 0.3) is 0 Å². The molecule has 0 amide bonds. The number of phenolic OH excluding ortho intramolecular Hbond substituents is 2. The fourth-order valence-corrected chi connectivity index (χ4v) is 2.71. The second kappa shape index (κ2) is 8.21. The van der Waals surface area contributed by atoms with Crippen molar-refractivity contribution < 1.29 is 14.9 Å². The summed E-state index contributed by atoms with van der Waals surface area (Å²) in [4.78, 5) is 4.39. The van der Waals surface area contributed by atoms with Crippen molar-refractivity contribution in [3.8, 4) is 17.2 Å². The Balaban J connectivity index is 1.65. The predicted molar refractivity (Wildman–Crippen MR) is 103 cm³/mol. The maximum absolute atomic E-state index is 9.77. The van der Waals surface area contributed by atoms with E-state index in [2.05, 4.69) is 29.3 Å². The van der Waals surface area contributed by atoms with Crippen LogP contribution < -0.4 is 4.74 Å². The number of methoxy groups -OCH3 is 1. The number of phenols is 2. The molecule has 0 saturated carbocycles. The van der Waals surface area contributed by atoms with Crippen molar-refractivity contribution in [3.05, 3.63) is 89.0 Å². The minimum Gasteiger partial charge on any atom is -0.508 e. The summed E-state index contributed by atoms with van der Waals surface area (Å²) in [5.41, 5.74) is 4.12. The number of nitrogens with zero attached hydrogens (tertiary/aromatic N) is 1. The summed E-state index contributed by atoms with van der Waals surface area (Å²) in [5, 5.41) is 19.1. The Morgan fingerprint density at radius 1 is 0.885 bits per heavy atom. The van der Waals surface area contributed by atoms with Crippen molar-refractivity contribution in [1.29, 1.82) is 0 Å². The van der Waals surface area contributed by atoms with Crippen LogP contribution in [0.4, 0.5) is 0 Å². The third-order valence-electron chi connectivity index (χ3n) is 4.08. The van der Waals surface area contributed by atoms with Crippen LogP contribution in [-0.2, 0) is 13.0 Å². The Kier molecular flexibility index (Phi) is 5.54. The molecule has 4 heteroatoms. The molecule has 0 fully saturated rings. The fourth-order valence-electron chi connectivity index (χ4n) is 2.71. The van der Waals surface area contributed by atoms with Gasteiger partial charge in [0.2, 0.25) is 0 Å². The lowest BCUT2D eigenvalue weighted by atomic mass is 10.0. The number of hydrogen-bond acceptors (Lipinski definition) is 4. The zero-order chi connectivity index (χ0) is 18.4. The minimum atomic E-state index is 0.0157. The van der Waals surface area contributed by atoms with Gasteiger partial charge >= 0.3 is 0 Å². The van der Waals surface area contributed by atoms with Gasteiger partial charge in [-0.2, -0.15) is 0 Å². The first-order chi connectivity index (χ1) is 12.6. The van der Waals surface area contributed by atoms with Crippen LogP contribution in [0.3, 0.4) is 0 Å². The van der Waals surface area contributed by atoms with E-state index in [1.54, 1.807) is 19.4 Å². The molecule has 0 atom stereocenters. The molecule has 0 aliphatic rings. The first-order valence-electron chi connectivity index (χ1n) is 8.36. The van der Waals surface area contributed by atoms with Crippen LogP contribution in [0.15, 0.2) is 71.7 Å². The van der Waals surface area contributed by atoms with Crippen molar-refractivity contribution in [2.45, 2.75) is 13.0 Å². The molecule has 0 aliphatic carbocycles. The molecule has 3 aromatic rings. The van der Waals surface area contributed by atoms with Crippen LogP contribution in [0, 0.1) is 0 Å². The van der Waals surface area contributed by atoms with Gasteiger partial charge in [-0.1, -0.05) is 36.4 Å². The van der Waals surface area contributed by atoms with E-state index < -0.39 is 0 Å². The predicted octanol–water partition coefficient (Wildman–Crippen LogP) is 4.32. The van der Waals surface area contributed by atoms with Gasteiger partial charge in [0.1, 0.15) is 17.2 Å². The van der Waals surface area contributed by atoms with E-state index in [1.165, 1.54) is 23.3 Å². The Bertz CT molecular complexity index is 902. The molecule has 132 valence electrons. The largest absolute Gasteiger partial charge is 0.508 e. The zero-order valence-electron chi connectivity index (χ0n) is 14.6. The average molecular weight is 347 g/mol. The van der Waals surface area contributed by atoms with E-state index in [0.29, 0.717) is 12.1 Å². The maximum Gasteiger partial charge on any atom is 0.128 e. The molecule has 0 aliphatic heterocycles. The zero-order valence-corrected chi connectivity index (χ0v) is 14.6. The molecular formula is C22H21NO3. The number of benzene rings is 3. The highest BCUT2D eigenvalue weighted by atomic mass is 16.5. The highest BCUT2D eigenvalue weighted by Crippen LogP contribution is 2.21. The Labute approximate surface area is 153 Å². The van der Waals surface area contributed by atoms with Crippen LogP contribution in [0.1, 0.15) is 22.3 Å². The molecular weight excluding hydrogens is 326 g/mol. The summed E-state index contributed by atoms with van der Waals surface area (Å²) < 4.78 is 5.19. The molecule has 0 unspecified atom stereocenters. The van der Waals surface area contributed by atoms with Gasteiger partial charge < -0.3 is 14.9 Å². The van der Waals surface area contributed by atoms with Crippen molar-refractivity contribution >= 4 is 6.21 Å². The number of aliphatic imine (C=N–C) groups is 1. The lowest BCUT2D eigenvalue weighted by Crippen LogP contribution is -1.91. The van der Waals surface area contributed by atoms with Crippen molar-refractivity contribution in [2.24, 2.45) is 4.99 Å². The summed E-state index contributed by atoms with van der Waals surface area (Å²) in [6, 6.07) is 20.8. The van der Waals surface area contributed by atoms with E-state index in [-0.39, 0.29) is 11.5 Å². The average Bonchev–Trinajstić information content (AvgIpc) is 2.64. The van der Waals surface area contributed by atoms with Gasteiger partial charge in [-0.25, -0.2) is 0 Å². The number of aromatic hydroxyl groups is 2. The second-order valence-corrected chi connectivity index (χ2v) is 6.06. The monoisotopic (exact) mass is 347 g/mol. The van der Waals surface area contributed by atoms with Gasteiger partial charge in [-0.05, 0) is 47.4 Å². The molecule has 0 heterocycles. The lowest BCUT2D eigenvalue weighted by molar-refractivity contribution is 0.414. The highest BCUT2D eigenvalue weighted by molar-refractivity contribution is 5.83. The van der Waals surface area contributed by atoms with E-state index in [0.717, 1.165) is 17.7 Å². The van der Waals surface area contributed by atoms with Crippen LogP contribution in [0.5, 0.6) is 17.2 Å². The van der Waals surface area contributed by atoms with Gasteiger partial charge in [-0.15, -0.1) is 0 Å². The van der Waals surface area contributed by atoms with E-state index >= 15 is 0 Å². The Morgan fingerprint density at radius 2 is 1.65 bits per heavy atom. The van der Waals surface area contributed by atoms with Gasteiger partial charge in [0.25, 0.3) is 0 Å². The lowest BCUT2D eigenvalue weighted by Gasteiger charge is -2.06. The van der Waals surface area contributed by atoms with Crippen molar-refractivity contribution in [1.82, 2.24) is 0 Å². The molecule has 3 aromatic carbocycles. The molecule has 0 saturated heterocycles. The summed E-state index contributed by atoms with van der Waals surface area (Å²) in [7, 11) is 1.66. The molecule has 0 bridgehead atoms. The van der Waals surface area contributed by atoms with Gasteiger partial charge in [0, 0.05) is 17.8 Å². The normalized spacial score (nSPS) is 11.0. The molecule has 0 radical (unpaired) electrons. The quantitative estimate of drug-likeness (QED) is 0.653. The summed E-state index contributed by atoms with van der Waals surface area (Å²) >= 11 is 0. The highest BCUT2D eigenvalue weighted by Gasteiger charge is 2.01. The van der Waals surface area contributed by atoms with Gasteiger partial charge in [0.15, 0.2) is 0 Å². The van der Waals surface area contributed by atoms with Crippen LogP contribution in [0.2, 0.25) is 0 Å². The van der Waals surface area contributed by atoms with Crippen molar-refractivity contribution in [3.63, 3.8) is 0 Å². The van der Waals surface area contributed by atoms with E-state index in [1.807, 2.05) is 24.3 Å². The molecule has 4 nitrogen and oxygen atoms in total.